The van der Waals surface area contributed by atoms with Gasteiger partial charge in [0.1, 0.15) is 6.04 Å². The second kappa shape index (κ2) is 8.59. The summed E-state index contributed by atoms with van der Waals surface area (Å²) in [5, 5.41) is 3.08. The normalized spacial score (nSPS) is 27.2. The van der Waals surface area contributed by atoms with Crippen LogP contribution in [0.1, 0.15) is 51.4 Å². The molecule has 3 amide bonds. The van der Waals surface area contributed by atoms with E-state index in [1.54, 1.807) is 9.80 Å². The van der Waals surface area contributed by atoms with Crippen LogP contribution in [0.4, 0.5) is 4.79 Å². The number of urea groups is 1. The summed E-state index contributed by atoms with van der Waals surface area (Å²) in [6.07, 6.45) is 8.66. The quantitative estimate of drug-likeness (QED) is 0.795. The Labute approximate surface area is 156 Å². The lowest BCUT2D eigenvalue weighted by Gasteiger charge is -2.39. The number of likely N-dealkylation sites (tertiary alicyclic amines) is 1. The highest BCUT2D eigenvalue weighted by Crippen LogP contribution is 2.24. The molecule has 3 rings (SSSR count). The van der Waals surface area contributed by atoms with Crippen LogP contribution in [0.15, 0.2) is 0 Å². The number of hydrogen-bond acceptors (Lipinski definition) is 4. The van der Waals surface area contributed by atoms with Gasteiger partial charge in [-0.25, -0.2) is 13.2 Å². The van der Waals surface area contributed by atoms with Gasteiger partial charge in [-0.05, 0) is 38.0 Å². The maximum atomic E-state index is 12.9. The summed E-state index contributed by atoms with van der Waals surface area (Å²) < 4.78 is 23.2. The third kappa shape index (κ3) is 4.90. The van der Waals surface area contributed by atoms with Crippen molar-refractivity contribution in [3.63, 3.8) is 0 Å². The zero-order valence-electron chi connectivity index (χ0n) is 15.5. The van der Waals surface area contributed by atoms with Crippen molar-refractivity contribution in [3.8, 4) is 0 Å². The van der Waals surface area contributed by atoms with Gasteiger partial charge in [-0.2, -0.15) is 0 Å². The molecule has 2 aliphatic heterocycles. The molecule has 0 aromatic rings. The summed E-state index contributed by atoms with van der Waals surface area (Å²) in [6, 6.07) is -0.601. The van der Waals surface area contributed by atoms with Crippen LogP contribution >= 0.6 is 0 Å². The predicted octanol–water partition coefficient (Wildman–Crippen LogP) is 1.39. The zero-order chi connectivity index (χ0) is 18.6. The predicted molar refractivity (Wildman–Crippen MR) is 99.6 cm³/mol. The Morgan fingerprint density at radius 2 is 1.54 bits per heavy atom. The summed E-state index contributed by atoms with van der Waals surface area (Å²) in [4.78, 5) is 28.8. The molecule has 7 nitrogen and oxygen atoms in total. The Bertz CT molecular complexity index is 602. The topological polar surface area (TPSA) is 86.8 Å². The van der Waals surface area contributed by atoms with Gasteiger partial charge in [-0.15, -0.1) is 0 Å². The number of piperidine rings is 1. The Morgan fingerprint density at radius 3 is 2.23 bits per heavy atom. The van der Waals surface area contributed by atoms with Crippen LogP contribution in [-0.2, 0) is 14.6 Å². The van der Waals surface area contributed by atoms with Crippen LogP contribution in [-0.4, -0.2) is 73.9 Å². The van der Waals surface area contributed by atoms with Crippen molar-refractivity contribution in [3.05, 3.63) is 0 Å². The number of carbonyl (C=O) groups excluding carboxylic acids is 2. The van der Waals surface area contributed by atoms with Crippen LogP contribution in [0.2, 0.25) is 0 Å². The molecule has 148 valence electrons. The number of sulfone groups is 1. The van der Waals surface area contributed by atoms with Gasteiger partial charge in [0, 0.05) is 26.2 Å². The summed E-state index contributed by atoms with van der Waals surface area (Å²) in [5.41, 5.74) is 0. The highest BCUT2D eigenvalue weighted by molar-refractivity contribution is 7.91. The van der Waals surface area contributed by atoms with E-state index in [0.717, 1.165) is 12.8 Å². The van der Waals surface area contributed by atoms with Gasteiger partial charge in [0.25, 0.3) is 0 Å². The molecule has 0 spiro atoms. The Morgan fingerprint density at radius 1 is 0.885 bits per heavy atom. The van der Waals surface area contributed by atoms with Crippen molar-refractivity contribution < 1.29 is 18.0 Å². The van der Waals surface area contributed by atoms with E-state index in [4.69, 9.17) is 0 Å². The standard InChI is InChI=1S/C18H31N3O4S/c22-17(19-14-15-6-2-1-3-7-15)16-8-4-5-9-21(16)18(23)20-10-12-26(24,25)13-11-20/h15-16H,1-14H2,(H,19,22)/t16-/m0/s1. The molecule has 1 saturated carbocycles. The molecule has 0 aromatic carbocycles. The first kappa shape index (κ1) is 19.5. The second-order valence-corrected chi connectivity index (χ2v) is 10.2. The number of rotatable bonds is 3. The fourth-order valence-corrected chi connectivity index (χ4v) is 5.47. The van der Waals surface area contributed by atoms with E-state index in [0.29, 0.717) is 25.4 Å². The molecule has 26 heavy (non-hydrogen) atoms. The molecular weight excluding hydrogens is 354 g/mol. The lowest BCUT2D eigenvalue weighted by atomic mass is 9.89. The van der Waals surface area contributed by atoms with Crippen molar-refractivity contribution in [1.82, 2.24) is 15.1 Å². The van der Waals surface area contributed by atoms with Gasteiger partial charge in [0.05, 0.1) is 11.5 Å². The van der Waals surface area contributed by atoms with Crippen molar-refractivity contribution in [2.45, 2.75) is 57.4 Å². The van der Waals surface area contributed by atoms with E-state index in [-0.39, 0.29) is 36.5 Å². The van der Waals surface area contributed by atoms with E-state index in [9.17, 15) is 18.0 Å². The van der Waals surface area contributed by atoms with E-state index < -0.39 is 15.9 Å². The molecule has 3 aliphatic rings. The molecule has 2 heterocycles. The summed E-state index contributed by atoms with van der Waals surface area (Å²) in [6.45, 7) is 1.74. The average molecular weight is 386 g/mol. The number of hydrogen-bond donors (Lipinski definition) is 1. The van der Waals surface area contributed by atoms with Gasteiger partial charge >= 0.3 is 6.03 Å². The average Bonchev–Trinajstić information content (AvgIpc) is 2.66. The summed E-state index contributed by atoms with van der Waals surface area (Å²) >= 11 is 0. The highest BCUT2D eigenvalue weighted by atomic mass is 32.2. The van der Waals surface area contributed by atoms with Gasteiger partial charge in [0.15, 0.2) is 9.84 Å². The minimum Gasteiger partial charge on any atom is -0.354 e. The summed E-state index contributed by atoms with van der Waals surface area (Å²) in [7, 11) is -3.02. The maximum absolute atomic E-state index is 12.9. The Hall–Kier alpha value is -1.31. The van der Waals surface area contributed by atoms with Crippen molar-refractivity contribution >= 4 is 21.8 Å². The third-order valence-electron chi connectivity index (χ3n) is 5.96. The lowest BCUT2D eigenvalue weighted by molar-refractivity contribution is -0.126. The fourth-order valence-electron chi connectivity index (χ4n) is 4.27. The van der Waals surface area contributed by atoms with Crippen LogP contribution in [0.25, 0.3) is 0 Å². The number of carbonyl (C=O) groups is 2. The number of nitrogens with zero attached hydrogens (tertiary/aromatic N) is 2. The van der Waals surface area contributed by atoms with E-state index >= 15 is 0 Å². The molecule has 0 bridgehead atoms. The molecule has 8 heteroatoms. The first-order chi connectivity index (χ1) is 12.5. The lowest BCUT2D eigenvalue weighted by Crippen LogP contribution is -2.58. The van der Waals surface area contributed by atoms with Crippen LogP contribution in [0.5, 0.6) is 0 Å². The third-order valence-corrected chi connectivity index (χ3v) is 7.56. The minimum atomic E-state index is -3.02. The largest absolute Gasteiger partial charge is 0.354 e. The fraction of sp³-hybridized carbons (Fsp3) is 0.889. The monoisotopic (exact) mass is 385 g/mol. The Balaban J connectivity index is 1.56. The molecule has 1 N–H and O–H groups in total. The maximum Gasteiger partial charge on any atom is 0.320 e. The first-order valence-electron chi connectivity index (χ1n) is 10.00. The highest BCUT2D eigenvalue weighted by Gasteiger charge is 2.36. The smallest absolute Gasteiger partial charge is 0.320 e. The van der Waals surface area contributed by atoms with Crippen LogP contribution < -0.4 is 5.32 Å². The van der Waals surface area contributed by atoms with Gasteiger partial charge < -0.3 is 15.1 Å². The van der Waals surface area contributed by atoms with E-state index in [1.807, 2.05) is 0 Å². The van der Waals surface area contributed by atoms with Crippen molar-refractivity contribution in [1.29, 1.82) is 0 Å². The second-order valence-electron chi connectivity index (χ2n) is 7.88. The molecule has 0 aromatic heterocycles. The minimum absolute atomic E-state index is 0.0190. The van der Waals surface area contributed by atoms with Crippen LogP contribution in [0.3, 0.4) is 0 Å². The first-order valence-corrected chi connectivity index (χ1v) is 11.8. The molecular formula is C18H31N3O4S. The van der Waals surface area contributed by atoms with Crippen molar-refractivity contribution in [2.75, 3.05) is 37.7 Å². The molecule has 2 saturated heterocycles. The molecule has 1 atom stereocenters. The molecule has 0 unspecified atom stereocenters. The summed E-state index contributed by atoms with van der Waals surface area (Å²) in [5.74, 6) is 0.553. The van der Waals surface area contributed by atoms with Gasteiger partial charge in [-0.1, -0.05) is 19.3 Å². The molecule has 0 radical (unpaired) electrons. The molecule has 3 fully saturated rings. The van der Waals surface area contributed by atoms with Gasteiger partial charge in [0.2, 0.25) is 5.91 Å². The Kier molecular flexibility index (Phi) is 6.42. The zero-order valence-corrected chi connectivity index (χ0v) is 16.3. The van der Waals surface area contributed by atoms with Crippen LogP contribution in [0, 0.1) is 5.92 Å². The van der Waals surface area contributed by atoms with Crippen molar-refractivity contribution in [2.24, 2.45) is 5.92 Å². The van der Waals surface area contributed by atoms with Gasteiger partial charge in [-0.3, -0.25) is 4.79 Å². The van der Waals surface area contributed by atoms with E-state index in [2.05, 4.69) is 5.32 Å². The number of nitrogens with one attached hydrogen (secondary N) is 1. The SMILES string of the molecule is O=C(NCC1CCCCC1)[C@@H]1CCCCN1C(=O)N1CCS(=O)(=O)CC1. The van der Waals surface area contributed by atoms with E-state index in [1.165, 1.54) is 32.1 Å². The molecule has 1 aliphatic carbocycles. The number of amides is 3.